The van der Waals surface area contributed by atoms with Crippen LogP contribution in [0.1, 0.15) is 12.0 Å². The Bertz CT molecular complexity index is 739. The van der Waals surface area contributed by atoms with Gasteiger partial charge in [0.25, 0.3) is 0 Å². The summed E-state index contributed by atoms with van der Waals surface area (Å²) in [4.78, 5) is 22.6. The molecule has 3 rings (SSSR count). The van der Waals surface area contributed by atoms with Gasteiger partial charge in [-0.1, -0.05) is 30.3 Å². The number of benzene rings is 1. The van der Waals surface area contributed by atoms with E-state index in [1.54, 1.807) is 25.5 Å². The van der Waals surface area contributed by atoms with Crippen LogP contribution >= 0.6 is 24.0 Å². The molecule has 7 heteroatoms. The summed E-state index contributed by atoms with van der Waals surface area (Å²) in [6.07, 6.45) is 5.52. The van der Waals surface area contributed by atoms with Gasteiger partial charge in [-0.25, -0.2) is 0 Å². The van der Waals surface area contributed by atoms with Gasteiger partial charge in [0.1, 0.15) is 0 Å². The third kappa shape index (κ3) is 6.50. The minimum atomic E-state index is -0.112. The number of halogens is 1. The lowest BCUT2D eigenvalue weighted by molar-refractivity contribution is -0.115. The molecule has 0 bridgehead atoms. The van der Waals surface area contributed by atoms with Gasteiger partial charge in [-0.2, -0.15) is 0 Å². The highest BCUT2D eigenvalue weighted by Crippen LogP contribution is 2.20. The van der Waals surface area contributed by atoms with Gasteiger partial charge < -0.3 is 15.5 Å². The van der Waals surface area contributed by atoms with Gasteiger partial charge in [0.15, 0.2) is 5.96 Å². The van der Waals surface area contributed by atoms with E-state index in [9.17, 15) is 4.79 Å². The van der Waals surface area contributed by atoms with Gasteiger partial charge >= 0.3 is 0 Å². The number of hydrogen-bond donors (Lipinski definition) is 2. The van der Waals surface area contributed by atoms with E-state index >= 15 is 0 Å². The Hall–Kier alpha value is -2.16. The van der Waals surface area contributed by atoms with Crippen LogP contribution in [-0.2, 0) is 11.2 Å². The molecule has 1 atom stereocenters. The Morgan fingerprint density at radius 3 is 2.78 bits per heavy atom. The summed E-state index contributed by atoms with van der Waals surface area (Å²) in [6.45, 7) is 2.10. The van der Waals surface area contributed by atoms with Crippen molar-refractivity contribution in [2.24, 2.45) is 10.9 Å². The van der Waals surface area contributed by atoms with E-state index < -0.39 is 0 Å². The SMILES string of the molecule is CN=C(NCC(=O)Nc1cccnc1)N1CCC(Cc2ccccc2)C1.I. The third-order valence-electron chi connectivity index (χ3n) is 4.52. The molecule has 1 aliphatic heterocycles. The Kier molecular flexibility index (Phi) is 8.50. The van der Waals surface area contributed by atoms with Crippen LogP contribution < -0.4 is 10.6 Å². The predicted octanol–water partition coefficient (Wildman–Crippen LogP) is 2.78. The maximum atomic E-state index is 12.1. The molecule has 144 valence electrons. The van der Waals surface area contributed by atoms with Crippen molar-refractivity contribution < 1.29 is 4.79 Å². The van der Waals surface area contributed by atoms with Crippen molar-refractivity contribution in [3.63, 3.8) is 0 Å². The fourth-order valence-corrected chi connectivity index (χ4v) is 3.27. The fourth-order valence-electron chi connectivity index (χ4n) is 3.27. The summed E-state index contributed by atoms with van der Waals surface area (Å²) in [6, 6.07) is 14.2. The molecule has 0 saturated carbocycles. The van der Waals surface area contributed by atoms with Gasteiger partial charge in [-0.05, 0) is 36.5 Å². The number of aromatic nitrogens is 1. The molecule has 0 spiro atoms. The number of guanidine groups is 1. The normalized spacial score (nSPS) is 16.6. The number of aliphatic imine (C=N–C) groups is 1. The molecule has 1 aromatic heterocycles. The Balaban J connectivity index is 0.00000261. The fraction of sp³-hybridized carbons (Fsp3) is 0.350. The second kappa shape index (κ2) is 10.9. The van der Waals surface area contributed by atoms with Gasteiger partial charge in [0.05, 0.1) is 18.4 Å². The number of amides is 1. The van der Waals surface area contributed by atoms with Crippen molar-refractivity contribution in [3.05, 3.63) is 60.4 Å². The number of rotatable bonds is 5. The van der Waals surface area contributed by atoms with Gasteiger partial charge in [0, 0.05) is 26.3 Å². The third-order valence-corrected chi connectivity index (χ3v) is 4.52. The topological polar surface area (TPSA) is 69.6 Å². The molecule has 1 saturated heterocycles. The molecule has 1 aromatic carbocycles. The molecule has 0 radical (unpaired) electrons. The van der Waals surface area contributed by atoms with Gasteiger partial charge in [0.2, 0.25) is 5.91 Å². The van der Waals surface area contributed by atoms with E-state index in [-0.39, 0.29) is 36.4 Å². The van der Waals surface area contributed by atoms with Crippen molar-refractivity contribution in [2.45, 2.75) is 12.8 Å². The number of hydrogen-bond acceptors (Lipinski definition) is 3. The van der Waals surface area contributed by atoms with Crippen LogP contribution in [0.4, 0.5) is 5.69 Å². The van der Waals surface area contributed by atoms with E-state index in [0.29, 0.717) is 11.6 Å². The molecular weight excluding hydrogens is 453 g/mol. The number of likely N-dealkylation sites (tertiary alicyclic amines) is 1. The Morgan fingerprint density at radius 2 is 2.07 bits per heavy atom. The van der Waals surface area contributed by atoms with E-state index in [1.165, 1.54) is 5.56 Å². The minimum Gasteiger partial charge on any atom is -0.347 e. The molecule has 1 aliphatic rings. The van der Waals surface area contributed by atoms with Crippen LogP contribution in [0.2, 0.25) is 0 Å². The molecule has 27 heavy (non-hydrogen) atoms. The zero-order chi connectivity index (χ0) is 18.2. The van der Waals surface area contributed by atoms with Crippen molar-refractivity contribution in [1.29, 1.82) is 0 Å². The average molecular weight is 479 g/mol. The first-order valence-corrected chi connectivity index (χ1v) is 8.94. The molecule has 1 amide bonds. The van der Waals surface area contributed by atoms with Crippen LogP contribution in [0.3, 0.4) is 0 Å². The standard InChI is InChI=1S/C20H25N5O.HI/c1-21-20(23-14-19(26)24-18-8-5-10-22-13-18)25-11-9-17(15-25)12-16-6-3-2-4-7-16;/h2-8,10,13,17H,9,11-12,14-15H2,1H3,(H,21,23)(H,24,26);1H. The first-order valence-electron chi connectivity index (χ1n) is 8.94. The monoisotopic (exact) mass is 479 g/mol. The van der Waals surface area contributed by atoms with Crippen molar-refractivity contribution in [1.82, 2.24) is 15.2 Å². The lowest BCUT2D eigenvalue weighted by atomic mass is 9.99. The molecular formula is C20H26IN5O. The predicted molar refractivity (Wildman–Crippen MR) is 119 cm³/mol. The summed E-state index contributed by atoms with van der Waals surface area (Å²) in [5.41, 5.74) is 2.07. The quantitative estimate of drug-likeness (QED) is 0.393. The van der Waals surface area contributed by atoms with Gasteiger partial charge in [-0.15, -0.1) is 24.0 Å². The molecule has 0 aliphatic carbocycles. The summed E-state index contributed by atoms with van der Waals surface area (Å²) in [5.74, 6) is 1.28. The zero-order valence-corrected chi connectivity index (χ0v) is 17.8. The van der Waals surface area contributed by atoms with E-state index in [4.69, 9.17) is 0 Å². The second-order valence-corrected chi connectivity index (χ2v) is 6.48. The minimum absolute atomic E-state index is 0. The number of pyridine rings is 1. The largest absolute Gasteiger partial charge is 0.347 e. The summed E-state index contributed by atoms with van der Waals surface area (Å²) in [7, 11) is 1.76. The maximum Gasteiger partial charge on any atom is 0.243 e. The van der Waals surface area contributed by atoms with Crippen LogP contribution in [0, 0.1) is 5.92 Å². The maximum absolute atomic E-state index is 12.1. The first-order chi connectivity index (χ1) is 12.7. The lowest BCUT2D eigenvalue weighted by Crippen LogP contribution is -2.43. The number of nitrogens with zero attached hydrogens (tertiary/aromatic N) is 3. The molecule has 2 aromatic rings. The molecule has 1 fully saturated rings. The average Bonchev–Trinajstić information content (AvgIpc) is 3.12. The Morgan fingerprint density at radius 1 is 1.26 bits per heavy atom. The highest BCUT2D eigenvalue weighted by Gasteiger charge is 2.25. The highest BCUT2D eigenvalue weighted by molar-refractivity contribution is 14.0. The summed E-state index contributed by atoms with van der Waals surface area (Å²) < 4.78 is 0. The lowest BCUT2D eigenvalue weighted by Gasteiger charge is -2.21. The molecule has 1 unspecified atom stereocenters. The summed E-state index contributed by atoms with van der Waals surface area (Å²) >= 11 is 0. The first kappa shape index (κ1) is 21.1. The number of carbonyl (C=O) groups is 1. The number of anilines is 1. The zero-order valence-electron chi connectivity index (χ0n) is 15.5. The van der Waals surface area contributed by atoms with Crippen molar-refractivity contribution >= 4 is 41.5 Å². The smallest absolute Gasteiger partial charge is 0.243 e. The van der Waals surface area contributed by atoms with Crippen molar-refractivity contribution in [3.8, 4) is 0 Å². The highest BCUT2D eigenvalue weighted by atomic mass is 127. The number of nitrogens with one attached hydrogen (secondary N) is 2. The van der Waals surface area contributed by atoms with Crippen LogP contribution in [0.5, 0.6) is 0 Å². The second-order valence-electron chi connectivity index (χ2n) is 6.48. The van der Waals surface area contributed by atoms with E-state index in [0.717, 1.165) is 31.9 Å². The van der Waals surface area contributed by atoms with E-state index in [2.05, 4.69) is 49.8 Å². The summed E-state index contributed by atoms with van der Waals surface area (Å²) in [5, 5.41) is 5.98. The van der Waals surface area contributed by atoms with Crippen molar-refractivity contribution in [2.75, 3.05) is 32.0 Å². The number of carbonyl (C=O) groups excluding carboxylic acids is 1. The Labute approximate surface area is 177 Å². The van der Waals surface area contributed by atoms with Crippen LogP contribution in [0.25, 0.3) is 0 Å². The van der Waals surface area contributed by atoms with E-state index in [1.807, 2.05) is 12.1 Å². The molecule has 2 N–H and O–H groups in total. The van der Waals surface area contributed by atoms with Crippen LogP contribution in [-0.4, -0.2) is 48.4 Å². The molecule has 2 heterocycles. The van der Waals surface area contributed by atoms with Crippen LogP contribution in [0.15, 0.2) is 59.9 Å². The van der Waals surface area contributed by atoms with Gasteiger partial charge in [-0.3, -0.25) is 14.8 Å². The molecule has 6 nitrogen and oxygen atoms in total.